The molecule has 2 N–H and O–H groups in total. The van der Waals surface area contributed by atoms with E-state index in [4.69, 9.17) is 14.9 Å². The van der Waals surface area contributed by atoms with Crippen molar-refractivity contribution in [1.82, 2.24) is 0 Å². The summed E-state index contributed by atoms with van der Waals surface area (Å²) >= 11 is 0. The van der Waals surface area contributed by atoms with E-state index in [2.05, 4.69) is 6.92 Å². The lowest BCUT2D eigenvalue weighted by Gasteiger charge is -2.07. The Bertz CT molecular complexity index is 133. The molecule has 0 aliphatic rings. The van der Waals surface area contributed by atoms with Crippen LogP contribution in [-0.4, -0.2) is 41.9 Å². The number of hydrogen-bond acceptors (Lipinski definition) is 4. The average Bonchev–Trinajstić information content (AvgIpc) is 2.16. The molecule has 0 saturated carbocycles. The second-order valence-corrected chi connectivity index (χ2v) is 3.53. The van der Waals surface area contributed by atoms with Gasteiger partial charge in [0, 0.05) is 6.61 Å². The van der Waals surface area contributed by atoms with Crippen LogP contribution in [0.3, 0.4) is 0 Å². The van der Waals surface area contributed by atoms with Crippen LogP contribution in [0.4, 0.5) is 0 Å². The molecular weight excluding hydrogens is 196 g/mol. The molecule has 4 nitrogen and oxygen atoms in total. The third-order valence-electron chi connectivity index (χ3n) is 1.41. The van der Waals surface area contributed by atoms with E-state index in [-0.39, 0.29) is 19.0 Å². The van der Waals surface area contributed by atoms with Gasteiger partial charge in [0.15, 0.2) is 0 Å². The zero-order valence-corrected chi connectivity index (χ0v) is 10.0. The molecule has 0 fully saturated rings. The van der Waals surface area contributed by atoms with Gasteiger partial charge in [-0.25, -0.2) is 0 Å². The fraction of sp³-hybridized carbons (Fsp3) is 0.909. The minimum absolute atomic E-state index is 0.167. The summed E-state index contributed by atoms with van der Waals surface area (Å²) in [6.07, 6.45) is 2.66. The van der Waals surface area contributed by atoms with E-state index in [9.17, 15) is 4.79 Å². The van der Waals surface area contributed by atoms with Gasteiger partial charge in [0.05, 0.1) is 13.2 Å². The van der Waals surface area contributed by atoms with E-state index in [0.29, 0.717) is 6.61 Å². The third kappa shape index (κ3) is 24.7. The molecule has 92 valence electrons. The lowest BCUT2D eigenvalue weighted by molar-refractivity contribution is -0.114. The number of Topliss-reactive ketones (excluding diaryl/α,β-unsaturated/α-hetero) is 1. The van der Waals surface area contributed by atoms with Crippen molar-refractivity contribution >= 4 is 5.78 Å². The summed E-state index contributed by atoms with van der Waals surface area (Å²) in [5.41, 5.74) is 0. The number of rotatable bonds is 7. The first-order valence-corrected chi connectivity index (χ1v) is 5.38. The standard InChI is InChI=1S/C8H18O3.C3H6O/c1-2-3-4-5-11-7-8(10)6-9;1-3(2)4/h8-10H,2-7H2,1H3;1-2H3. The molecule has 0 aromatic carbocycles. The van der Waals surface area contributed by atoms with Crippen LogP contribution >= 0.6 is 0 Å². The van der Waals surface area contributed by atoms with E-state index in [1.165, 1.54) is 20.3 Å². The van der Waals surface area contributed by atoms with Crippen LogP contribution in [0.25, 0.3) is 0 Å². The molecule has 0 aromatic rings. The largest absolute Gasteiger partial charge is 0.394 e. The summed E-state index contributed by atoms with van der Waals surface area (Å²) in [5, 5.41) is 17.2. The van der Waals surface area contributed by atoms with Crippen molar-refractivity contribution in [3.8, 4) is 0 Å². The van der Waals surface area contributed by atoms with Crippen molar-refractivity contribution in [1.29, 1.82) is 0 Å². The minimum atomic E-state index is -0.711. The van der Waals surface area contributed by atoms with E-state index < -0.39 is 6.10 Å². The van der Waals surface area contributed by atoms with Crippen molar-refractivity contribution in [2.24, 2.45) is 0 Å². The van der Waals surface area contributed by atoms with Crippen LogP contribution in [0.5, 0.6) is 0 Å². The van der Waals surface area contributed by atoms with Gasteiger partial charge < -0.3 is 19.7 Å². The molecule has 15 heavy (non-hydrogen) atoms. The zero-order chi connectivity index (χ0) is 12.1. The molecule has 0 amide bonds. The van der Waals surface area contributed by atoms with Gasteiger partial charge in [-0.05, 0) is 20.3 Å². The second kappa shape index (κ2) is 13.5. The molecule has 4 heteroatoms. The highest BCUT2D eigenvalue weighted by Crippen LogP contribution is 1.94. The van der Waals surface area contributed by atoms with Crippen molar-refractivity contribution in [2.75, 3.05) is 19.8 Å². The molecule has 0 aromatic heterocycles. The maximum Gasteiger partial charge on any atom is 0.126 e. The van der Waals surface area contributed by atoms with Gasteiger partial charge in [-0.2, -0.15) is 0 Å². The Balaban J connectivity index is 0. The van der Waals surface area contributed by atoms with Gasteiger partial charge in [-0.3, -0.25) is 0 Å². The number of ether oxygens (including phenoxy) is 1. The van der Waals surface area contributed by atoms with E-state index in [1.54, 1.807) is 0 Å². The van der Waals surface area contributed by atoms with Gasteiger partial charge in [0.1, 0.15) is 11.9 Å². The first-order chi connectivity index (χ1) is 7.04. The second-order valence-electron chi connectivity index (χ2n) is 3.53. The number of carbonyl (C=O) groups excluding carboxylic acids is 1. The summed E-state index contributed by atoms with van der Waals surface area (Å²) in [4.78, 5) is 9.44. The highest BCUT2D eigenvalue weighted by molar-refractivity contribution is 5.72. The highest BCUT2D eigenvalue weighted by atomic mass is 16.5. The Morgan fingerprint density at radius 1 is 1.33 bits per heavy atom. The van der Waals surface area contributed by atoms with E-state index in [1.807, 2.05) is 0 Å². The summed E-state index contributed by atoms with van der Waals surface area (Å²) in [7, 11) is 0. The van der Waals surface area contributed by atoms with Gasteiger partial charge in [0.2, 0.25) is 0 Å². The summed E-state index contributed by atoms with van der Waals surface area (Å²) in [5.74, 6) is 0.167. The van der Waals surface area contributed by atoms with Crippen LogP contribution in [0.1, 0.15) is 40.0 Å². The predicted molar refractivity (Wildman–Crippen MR) is 59.8 cm³/mol. The maximum absolute atomic E-state index is 9.44. The quantitative estimate of drug-likeness (QED) is 0.631. The van der Waals surface area contributed by atoms with Gasteiger partial charge in [-0.1, -0.05) is 19.8 Å². The topological polar surface area (TPSA) is 66.8 Å². The Hall–Kier alpha value is -0.450. The third-order valence-corrected chi connectivity index (χ3v) is 1.41. The number of unbranched alkanes of at least 4 members (excludes halogenated alkanes) is 2. The molecule has 0 radical (unpaired) electrons. The van der Waals surface area contributed by atoms with Crippen molar-refractivity contribution in [3.63, 3.8) is 0 Å². The molecule has 0 heterocycles. The lowest BCUT2D eigenvalue weighted by atomic mass is 10.3. The highest BCUT2D eigenvalue weighted by Gasteiger charge is 1.99. The van der Waals surface area contributed by atoms with E-state index >= 15 is 0 Å². The molecule has 0 spiro atoms. The van der Waals surface area contributed by atoms with Crippen molar-refractivity contribution in [2.45, 2.75) is 46.1 Å². The predicted octanol–water partition coefficient (Wildman–Crippen LogP) is 1.14. The van der Waals surface area contributed by atoms with Crippen LogP contribution in [0.15, 0.2) is 0 Å². The van der Waals surface area contributed by atoms with Crippen LogP contribution < -0.4 is 0 Å². The van der Waals surface area contributed by atoms with E-state index in [0.717, 1.165) is 12.8 Å². The first-order valence-electron chi connectivity index (χ1n) is 5.38. The number of ketones is 1. The molecule has 0 aliphatic heterocycles. The molecule has 0 bridgehead atoms. The Morgan fingerprint density at radius 3 is 2.27 bits per heavy atom. The monoisotopic (exact) mass is 220 g/mol. The number of hydrogen-bond donors (Lipinski definition) is 2. The summed E-state index contributed by atoms with van der Waals surface area (Å²) < 4.78 is 5.08. The number of aliphatic hydroxyl groups is 2. The zero-order valence-electron chi connectivity index (χ0n) is 10.0. The molecule has 0 aliphatic carbocycles. The fourth-order valence-corrected chi connectivity index (χ4v) is 0.726. The molecular formula is C11H24O4. The fourth-order valence-electron chi connectivity index (χ4n) is 0.726. The molecule has 1 unspecified atom stereocenters. The van der Waals surface area contributed by atoms with Gasteiger partial charge in [-0.15, -0.1) is 0 Å². The summed E-state index contributed by atoms with van der Waals surface area (Å²) in [6, 6.07) is 0. The van der Waals surface area contributed by atoms with Gasteiger partial charge >= 0.3 is 0 Å². The van der Waals surface area contributed by atoms with Crippen LogP contribution in [0.2, 0.25) is 0 Å². The number of carbonyl (C=O) groups is 1. The average molecular weight is 220 g/mol. The normalized spacial score (nSPS) is 11.5. The summed E-state index contributed by atoms with van der Waals surface area (Å²) in [6.45, 7) is 5.90. The first kappa shape index (κ1) is 17.0. The van der Waals surface area contributed by atoms with Gasteiger partial charge in [0.25, 0.3) is 0 Å². The molecule has 0 rings (SSSR count). The van der Waals surface area contributed by atoms with Crippen molar-refractivity contribution in [3.05, 3.63) is 0 Å². The Morgan fingerprint density at radius 2 is 1.87 bits per heavy atom. The minimum Gasteiger partial charge on any atom is -0.394 e. The van der Waals surface area contributed by atoms with Crippen LogP contribution in [0, 0.1) is 0 Å². The molecule has 0 saturated heterocycles. The SMILES string of the molecule is CC(C)=O.CCCCCOCC(O)CO. The van der Waals surface area contributed by atoms with Crippen molar-refractivity contribution < 1.29 is 19.7 Å². The van der Waals surface area contributed by atoms with Crippen LogP contribution in [-0.2, 0) is 9.53 Å². The lowest BCUT2D eigenvalue weighted by Crippen LogP contribution is -2.19. The maximum atomic E-state index is 9.44. The molecule has 1 atom stereocenters. The Kier molecular flexibility index (Phi) is 15.3. The number of aliphatic hydroxyl groups excluding tert-OH is 2. The smallest absolute Gasteiger partial charge is 0.126 e. The Labute approximate surface area is 92.3 Å².